The molecule has 36 heavy (non-hydrogen) atoms. The minimum Gasteiger partial charge on any atom is -0.508 e. The highest BCUT2D eigenvalue weighted by atomic mass is 16.5. The molecule has 1 amide bonds. The number of carbonyl (C=O) groups excluding carboxylic acids is 1. The summed E-state index contributed by atoms with van der Waals surface area (Å²) in [6.45, 7) is 0.249. The Labute approximate surface area is 207 Å². The molecular weight excluding hydrogens is 458 g/mol. The number of carboxylic acids is 1. The van der Waals surface area contributed by atoms with Crippen LogP contribution in [0.5, 0.6) is 5.75 Å². The minimum atomic E-state index is -1.15. The average molecular weight is 484 g/mol. The van der Waals surface area contributed by atoms with Crippen LogP contribution in [0.2, 0.25) is 0 Å². The zero-order valence-corrected chi connectivity index (χ0v) is 19.6. The number of hydrogen-bond acceptors (Lipinski definition) is 6. The smallest absolute Gasteiger partial charge is 0.336 e. The van der Waals surface area contributed by atoms with E-state index in [1.165, 1.54) is 13.2 Å². The molecule has 0 saturated heterocycles. The molecule has 2 aromatic carbocycles. The van der Waals surface area contributed by atoms with Gasteiger partial charge in [0.2, 0.25) is 0 Å². The van der Waals surface area contributed by atoms with Gasteiger partial charge in [-0.2, -0.15) is 0 Å². The second kappa shape index (κ2) is 11.2. The molecule has 4 rings (SSSR count). The van der Waals surface area contributed by atoms with E-state index in [1.54, 1.807) is 48.8 Å². The van der Waals surface area contributed by atoms with Gasteiger partial charge in [-0.15, -0.1) is 0 Å². The zero-order chi connectivity index (χ0) is 25.5. The Balaban J connectivity index is 1.59. The predicted octanol–water partition coefficient (Wildman–Crippen LogP) is 4.19. The van der Waals surface area contributed by atoms with E-state index in [9.17, 15) is 19.8 Å². The lowest BCUT2D eigenvalue weighted by Crippen LogP contribution is -2.40. The van der Waals surface area contributed by atoms with Gasteiger partial charge in [0, 0.05) is 24.9 Å². The van der Waals surface area contributed by atoms with Crippen LogP contribution < -0.4 is 5.32 Å². The van der Waals surface area contributed by atoms with Crippen LogP contribution in [-0.4, -0.2) is 51.8 Å². The van der Waals surface area contributed by atoms with Gasteiger partial charge in [-0.1, -0.05) is 36.4 Å². The van der Waals surface area contributed by atoms with E-state index < -0.39 is 11.9 Å². The number of phenolic OH excluding ortho intramolecular Hbond substituents is 1. The molecule has 0 spiro atoms. The maximum absolute atomic E-state index is 13.0. The minimum absolute atomic E-state index is 0.00496. The average Bonchev–Trinajstić information content (AvgIpc) is 2.88. The first-order valence-electron chi connectivity index (χ1n) is 11.3. The third-order valence-electron chi connectivity index (χ3n) is 5.57. The van der Waals surface area contributed by atoms with Gasteiger partial charge in [-0.05, 0) is 59.5 Å². The fourth-order valence-corrected chi connectivity index (χ4v) is 3.84. The van der Waals surface area contributed by atoms with Crippen molar-refractivity contribution in [1.29, 1.82) is 0 Å². The number of aromatic hydroxyl groups is 1. The standard InChI is InChI=1S/C28H25N3O5/c1-36-17-21(13-18-6-9-22(32)10-7-18)30-27(33)26-15-24(28(34)35)23-14-19(8-11-25(23)31-26)4-5-20-3-2-12-29-16-20/h2-12,14-16,21,32H,13,17H2,1H3,(H,30,33)(H,34,35)/b5-4+/t21-/m0/s1. The van der Waals surface area contributed by atoms with Gasteiger partial charge < -0.3 is 20.3 Å². The number of amides is 1. The summed E-state index contributed by atoms with van der Waals surface area (Å²) in [5.74, 6) is -1.49. The number of aromatic nitrogens is 2. The number of fused-ring (bicyclic) bond motifs is 1. The monoisotopic (exact) mass is 483 g/mol. The van der Waals surface area contributed by atoms with Crippen molar-refractivity contribution >= 4 is 34.9 Å². The van der Waals surface area contributed by atoms with Crippen LogP contribution in [0.3, 0.4) is 0 Å². The molecule has 0 saturated carbocycles. The number of pyridine rings is 2. The molecule has 1 atom stereocenters. The number of nitrogens with one attached hydrogen (secondary N) is 1. The summed E-state index contributed by atoms with van der Waals surface area (Å²) < 4.78 is 5.25. The van der Waals surface area contributed by atoms with Crippen LogP contribution in [0.4, 0.5) is 0 Å². The second-order valence-corrected chi connectivity index (χ2v) is 8.25. The molecular formula is C28H25N3O5. The van der Waals surface area contributed by atoms with Gasteiger partial charge in [-0.3, -0.25) is 9.78 Å². The maximum Gasteiger partial charge on any atom is 0.336 e. The van der Waals surface area contributed by atoms with E-state index in [0.717, 1.165) is 16.7 Å². The largest absolute Gasteiger partial charge is 0.508 e. The lowest BCUT2D eigenvalue weighted by atomic mass is 10.0. The van der Waals surface area contributed by atoms with E-state index in [1.807, 2.05) is 30.4 Å². The molecule has 0 radical (unpaired) electrons. The Morgan fingerprint density at radius 2 is 1.83 bits per heavy atom. The summed E-state index contributed by atoms with van der Waals surface area (Å²) in [6, 6.07) is 16.6. The fraction of sp³-hybridized carbons (Fsp3) is 0.143. The Bertz CT molecular complexity index is 1400. The first kappa shape index (κ1) is 24.6. The molecule has 3 N–H and O–H groups in total. The van der Waals surface area contributed by atoms with E-state index in [-0.39, 0.29) is 29.7 Å². The van der Waals surface area contributed by atoms with E-state index in [2.05, 4.69) is 15.3 Å². The van der Waals surface area contributed by atoms with Crippen molar-refractivity contribution in [3.05, 3.63) is 101 Å². The summed E-state index contributed by atoms with van der Waals surface area (Å²) in [4.78, 5) is 33.6. The number of aromatic carboxylic acids is 1. The molecule has 2 heterocycles. The van der Waals surface area contributed by atoms with Crippen molar-refractivity contribution in [2.75, 3.05) is 13.7 Å². The number of carboxylic acid groups (broad SMARTS) is 1. The number of nitrogens with zero attached hydrogens (tertiary/aromatic N) is 2. The summed E-state index contributed by atoms with van der Waals surface area (Å²) in [6.07, 6.45) is 7.63. The van der Waals surface area contributed by atoms with Crippen molar-refractivity contribution < 1.29 is 24.5 Å². The topological polar surface area (TPSA) is 122 Å². The number of phenols is 1. The summed E-state index contributed by atoms with van der Waals surface area (Å²) in [7, 11) is 1.53. The molecule has 0 bridgehead atoms. The highest BCUT2D eigenvalue weighted by Crippen LogP contribution is 2.22. The molecule has 2 aromatic heterocycles. The Morgan fingerprint density at radius 1 is 1.06 bits per heavy atom. The number of benzene rings is 2. The van der Waals surface area contributed by atoms with Crippen LogP contribution in [0, 0.1) is 0 Å². The third-order valence-corrected chi connectivity index (χ3v) is 5.57. The maximum atomic E-state index is 13.0. The van der Waals surface area contributed by atoms with E-state index >= 15 is 0 Å². The number of hydrogen-bond donors (Lipinski definition) is 3. The zero-order valence-electron chi connectivity index (χ0n) is 19.6. The Kier molecular flexibility index (Phi) is 7.67. The van der Waals surface area contributed by atoms with Crippen molar-refractivity contribution in [2.24, 2.45) is 0 Å². The molecule has 0 aliphatic heterocycles. The highest BCUT2D eigenvalue weighted by Gasteiger charge is 2.19. The van der Waals surface area contributed by atoms with Crippen LogP contribution >= 0.6 is 0 Å². The van der Waals surface area contributed by atoms with Crippen molar-refractivity contribution in [3.63, 3.8) is 0 Å². The van der Waals surface area contributed by atoms with E-state index in [4.69, 9.17) is 4.74 Å². The number of methoxy groups -OCH3 is 1. The van der Waals surface area contributed by atoms with Crippen molar-refractivity contribution in [1.82, 2.24) is 15.3 Å². The first-order chi connectivity index (χ1) is 17.4. The molecule has 0 aliphatic rings. The van der Waals surface area contributed by atoms with Crippen LogP contribution in [-0.2, 0) is 11.2 Å². The first-order valence-corrected chi connectivity index (χ1v) is 11.3. The van der Waals surface area contributed by atoms with Gasteiger partial charge >= 0.3 is 5.97 Å². The quantitative estimate of drug-likeness (QED) is 0.326. The van der Waals surface area contributed by atoms with Gasteiger partial charge in [0.1, 0.15) is 11.4 Å². The lowest BCUT2D eigenvalue weighted by molar-refractivity contribution is 0.0699. The van der Waals surface area contributed by atoms with Gasteiger partial charge in [-0.25, -0.2) is 9.78 Å². The van der Waals surface area contributed by atoms with Crippen molar-refractivity contribution in [2.45, 2.75) is 12.5 Å². The van der Waals surface area contributed by atoms with Gasteiger partial charge in [0.15, 0.2) is 0 Å². The fourth-order valence-electron chi connectivity index (χ4n) is 3.84. The Hall–Kier alpha value is -4.56. The van der Waals surface area contributed by atoms with E-state index in [0.29, 0.717) is 17.3 Å². The van der Waals surface area contributed by atoms with Crippen LogP contribution in [0.25, 0.3) is 23.1 Å². The van der Waals surface area contributed by atoms with Crippen LogP contribution in [0.1, 0.15) is 37.5 Å². The van der Waals surface area contributed by atoms with Crippen molar-refractivity contribution in [3.8, 4) is 5.75 Å². The molecule has 8 heteroatoms. The number of rotatable bonds is 9. The highest BCUT2D eigenvalue weighted by molar-refractivity contribution is 6.06. The third kappa shape index (κ3) is 6.11. The van der Waals surface area contributed by atoms with Gasteiger partial charge in [0.05, 0.1) is 23.7 Å². The normalized spacial score (nSPS) is 12.0. The molecule has 8 nitrogen and oxygen atoms in total. The number of carbonyl (C=O) groups is 2. The number of ether oxygens (including phenoxy) is 1. The molecule has 0 unspecified atom stereocenters. The van der Waals surface area contributed by atoms with Crippen LogP contribution in [0.15, 0.2) is 73.1 Å². The molecule has 0 aliphatic carbocycles. The molecule has 4 aromatic rings. The Morgan fingerprint density at radius 3 is 2.53 bits per heavy atom. The SMILES string of the molecule is COC[C@H](Cc1ccc(O)cc1)NC(=O)c1cc(C(=O)O)c2cc(/C=C/c3cccnc3)ccc2n1. The summed E-state index contributed by atoms with van der Waals surface area (Å²) >= 11 is 0. The predicted molar refractivity (Wildman–Crippen MR) is 137 cm³/mol. The van der Waals surface area contributed by atoms with Gasteiger partial charge in [0.25, 0.3) is 5.91 Å². The molecule has 182 valence electrons. The lowest BCUT2D eigenvalue weighted by Gasteiger charge is -2.18. The second-order valence-electron chi connectivity index (χ2n) is 8.25. The summed E-state index contributed by atoms with van der Waals surface area (Å²) in [5.41, 5.74) is 3.01. The summed E-state index contributed by atoms with van der Waals surface area (Å²) in [5, 5.41) is 22.6. The molecule has 0 fully saturated rings.